The van der Waals surface area contributed by atoms with Gasteiger partial charge < -0.3 is 24.7 Å². The summed E-state index contributed by atoms with van der Waals surface area (Å²) in [6.45, 7) is 0.641. The number of amides is 2. The summed E-state index contributed by atoms with van der Waals surface area (Å²) in [6, 6.07) is 17.7. The molecule has 0 saturated carbocycles. The number of benzene rings is 2. The number of aliphatic hydroxyl groups is 2. The molecule has 2 aromatic carbocycles. The van der Waals surface area contributed by atoms with Gasteiger partial charge in [0.2, 0.25) is 11.8 Å². The van der Waals surface area contributed by atoms with Gasteiger partial charge in [0.15, 0.2) is 15.0 Å². The summed E-state index contributed by atoms with van der Waals surface area (Å²) < 4.78 is 109. The highest BCUT2D eigenvalue weighted by molar-refractivity contribution is 7.92. The number of ether oxygens (including phenoxy) is 1. The number of rotatable bonds is 15. The second-order valence-corrected chi connectivity index (χ2v) is 20.8. The van der Waals surface area contributed by atoms with Crippen LogP contribution in [0.15, 0.2) is 86.3 Å². The standard InChI is InChI=1S/2C20H20F2N4O5S2/c1-12-19(32-20(29)25(12)10-17(21)22)33(30,31)26-8-14-7-24(9-16(14)23-26)18(28)15(11-27)13-5-3-2-4-6-13;1-12-19(32-20(23-12)31-11-17(21)22)33(29,30)26-8-14-7-25(9-16(14)24-26)18(28)15(10-27)13-5-3-2-4-6-13/h2*2-6,8,15,17,27H,7,9-11H2,1H3/t2*15-/m11/s1. The fraction of sp³-hybridized carbons (Fsp3) is 0.350. The van der Waals surface area contributed by atoms with E-state index in [9.17, 15) is 59.0 Å². The van der Waals surface area contributed by atoms with Gasteiger partial charge in [0, 0.05) is 42.3 Å². The van der Waals surface area contributed by atoms with Crippen LogP contribution in [0.3, 0.4) is 0 Å². The van der Waals surface area contributed by atoms with Crippen molar-refractivity contribution < 1.29 is 58.9 Å². The molecule has 4 aromatic heterocycles. The molecule has 2 amide bonds. The molecular formula is C40H40F4N8O10S4. The minimum atomic E-state index is -4.27. The Bertz CT molecular complexity index is 2970. The number of hydrogen-bond donors (Lipinski definition) is 2. The van der Waals surface area contributed by atoms with E-state index in [1.54, 1.807) is 54.6 Å². The number of aryl methyl sites for hydroxylation is 1. The maximum Gasteiger partial charge on any atom is 0.308 e. The van der Waals surface area contributed by atoms with Crippen molar-refractivity contribution in [2.24, 2.45) is 0 Å². The molecule has 0 saturated heterocycles. The maximum absolute atomic E-state index is 13.0. The highest BCUT2D eigenvalue weighted by Gasteiger charge is 2.36. The molecule has 0 bridgehead atoms. The van der Waals surface area contributed by atoms with Crippen molar-refractivity contribution in [2.45, 2.75) is 79.7 Å². The van der Waals surface area contributed by atoms with E-state index in [2.05, 4.69) is 15.2 Å². The van der Waals surface area contributed by atoms with E-state index in [1.807, 2.05) is 6.07 Å². The van der Waals surface area contributed by atoms with Crippen molar-refractivity contribution in [3.8, 4) is 5.19 Å². The first-order chi connectivity index (χ1) is 31.3. The van der Waals surface area contributed by atoms with Gasteiger partial charge in [0.25, 0.3) is 38.1 Å². The van der Waals surface area contributed by atoms with Crippen molar-refractivity contribution in [3.63, 3.8) is 0 Å². The van der Waals surface area contributed by atoms with Crippen LogP contribution in [0.5, 0.6) is 5.19 Å². The maximum atomic E-state index is 13.0. The van der Waals surface area contributed by atoms with Crippen LogP contribution in [-0.4, -0.2) is 109 Å². The zero-order chi connectivity index (χ0) is 47.7. The molecule has 18 nitrogen and oxygen atoms in total. The molecule has 8 rings (SSSR count). The van der Waals surface area contributed by atoms with Gasteiger partial charge in [-0.25, -0.2) is 22.5 Å². The molecular weight excluding hydrogens is 957 g/mol. The molecule has 26 heteroatoms. The Morgan fingerprint density at radius 3 is 1.61 bits per heavy atom. The van der Waals surface area contributed by atoms with Gasteiger partial charge in [0.1, 0.15) is 0 Å². The molecule has 2 aliphatic heterocycles. The molecule has 2 atom stereocenters. The largest absolute Gasteiger partial charge is 0.464 e. The molecule has 2 aliphatic rings. The van der Waals surface area contributed by atoms with Crippen LogP contribution in [0, 0.1) is 13.8 Å². The minimum absolute atomic E-state index is 0.0572. The van der Waals surface area contributed by atoms with E-state index in [1.165, 1.54) is 36.0 Å². The zero-order valence-electron chi connectivity index (χ0n) is 34.8. The second kappa shape index (κ2) is 19.6. The van der Waals surface area contributed by atoms with Crippen molar-refractivity contribution in [2.75, 3.05) is 19.8 Å². The molecule has 0 radical (unpaired) electrons. The average molecular weight is 997 g/mol. The van der Waals surface area contributed by atoms with Gasteiger partial charge in [-0.15, -0.1) is 0 Å². The summed E-state index contributed by atoms with van der Waals surface area (Å²) in [4.78, 5) is 44.0. The van der Waals surface area contributed by atoms with Crippen molar-refractivity contribution in [3.05, 3.63) is 128 Å². The molecule has 6 heterocycles. The molecule has 0 unspecified atom stereocenters. The van der Waals surface area contributed by atoms with E-state index in [0.29, 0.717) is 60.4 Å². The van der Waals surface area contributed by atoms with Crippen LogP contribution >= 0.6 is 22.7 Å². The quantitative estimate of drug-likeness (QED) is 0.140. The SMILES string of the molecule is Cc1c(S(=O)(=O)n2cc3c(n2)CN(C(=O)[C@H](CO)c2ccccc2)C3)sc(=O)n1CC(F)F.Cc1nc(OCC(F)F)sc1S(=O)(=O)n1cc2c(n1)CN(C(=O)[C@H](CO)c1ccccc1)C2. The molecule has 2 N–H and O–H groups in total. The van der Waals surface area contributed by atoms with Gasteiger partial charge in [0.05, 0.1) is 61.8 Å². The predicted molar refractivity (Wildman–Crippen MR) is 228 cm³/mol. The fourth-order valence-corrected chi connectivity index (χ4v) is 12.6. The lowest BCUT2D eigenvalue weighted by molar-refractivity contribution is -0.135. The second-order valence-electron chi connectivity index (χ2n) is 14.9. The lowest BCUT2D eigenvalue weighted by atomic mass is 9.98. The van der Waals surface area contributed by atoms with E-state index in [0.717, 1.165) is 8.65 Å². The van der Waals surface area contributed by atoms with Gasteiger partial charge >= 0.3 is 4.87 Å². The number of nitrogens with zero attached hydrogens (tertiary/aromatic N) is 8. The minimum Gasteiger partial charge on any atom is -0.464 e. The van der Waals surface area contributed by atoms with E-state index in [-0.39, 0.29) is 76.2 Å². The third-order valence-electron chi connectivity index (χ3n) is 10.6. The molecule has 0 aliphatic carbocycles. The zero-order valence-corrected chi connectivity index (χ0v) is 38.0. The van der Waals surface area contributed by atoms with Crippen LogP contribution in [-0.2, 0) is 62.4 Å². The highest BCUT2D eigenvalue weighted by Crippen LogP contribution is 2.33. The van der Waals surface area contributed by atoms with Crippen molar-refractivity contribution in [1.82, 2.24) is 37.7 Å². The van der Waals surface area contributed by atoms with E-state index < -0.39 is 62.8 Å². The molecule has 6 aromatic rings. The van der Waals surface area contributed by atoms with Crippen LogP contribution in [0.4, 0.5) is 17.6 Å². The Morgan fingerprint density at radius 1 is 0.712 bits per heavy atom. The molecule has 352 valence electrons. The topological polar surface area (TPSA) is 229 Å². The number of alkyl halides is 4. The first-order valence-electron chi connectivity index (χ1n) is 19.8. The summed E-state index contributed by atoms with van der Waals surface area (Å²) in [5, 5.41) is 27.6. The highest BCUT2D eigenvalue weighted by atomic mass is 32.3. The Labute approximate surface area is 382 Å². The average Bonchev–Trinajstić information content (AvgIpc) is 4.14. The Morgan fingerprint density at radius 2 is 1.18 bits per heavy atom. The summed E-state index contributed by atoms with van der Waals surface area (Å²) in [7, 11) is -8.39. The van der Waals surface area contributed by atoms with Crippen LogP contribution in [0.2, 0.25) is 0 Å². The van der Waals surface area contributed by atoms with Crippen LogP contribution in [0.1, 0.15) is 56.9 Å². The van der Waals surface area contributed by atoms with Gasteiger partial charge in [-0.3, -0.25) is 19.0 Å². The van der Waals surface area contributed by atoms with Gasteiger partial charge in [-0.1, -0.05) is 83.3 Å². The third kappa shape index (κ3) is 9.83. The van der Waals surface area contributed by atoms with Crippen molar-refractivity contribution >= 4 is 54.5 Å². The summed E-state index contributed by atoms with van der Waals surface area (Å²) in [6.07, 6.45) is -2.92. The smallest absolute Gasteiger partial charge is 0.308 e. The van der Waals surface area contributed by atoms with Crippen molar-refractivity contribution in [1.29, 1.82) is 0 Å². The van der Waals surface area contributed by atoms with Crippen LogP contribution < -0.4 is 9.61 Å². The monoisotopic (exact) mass is 996 g/mol. The molecule has 66 heavy (non-hydrogen) atoms. The van der Waals surface area contributed by atoms with E-state index in [4.69, 9.17) is 4.74 Å². The first-order valence-corrected chi connectivity index (χ1v) is 24.3. The predicted octanol–water partition coefficient (Wildman–Crippen LogP) is 3.68. The third-order valence-corrected chi connectivity index (χ3v) is 16.9. The first kappa shape index (κ1) is 48.1. The number of hydrogen-bond acceptors (Lipinski definition) is 15. The summed E-state index contributed by atoms with van der Waals surface area (Å²) in [5.74, 6) is -2.07. The lowest BCUT2D eigenvalue weighted by Crippen LogP contribution is -2.33. The number of aliphatic hydroxyl groups excluding tert-OH is 2. The Balaban J connectivity index is 0.000000196. The summed E-state index contributed by atoms with van der Waals surface area (Å²) in [5.41, 5.74) is 3.26. The molecule has 0 fully saturated rings. The number of thiazole rings is 2. The number of carbonyl (C=O) groups is 2. The number of aromatic nitrogens is 6. The Kier molecular flexibility index (Phi) is 14.3. The number of carbonyl (C=O) groups excluding carboxylic acids is 2. The van der Waals surface area contributed by atoms with Gasteiger partial charge in [-0.2, -0.15) is 35.2 Å². The number of fused-ring (bicyclic) bond motifs is 2. The Hall–Kier alpha value is -5.80. The normalized spacial score (nSPS) is 14.6. The fourth-order valence-electron chi connectivity index (χ4n) is 7.28. The lowest BCUT2D eigenvalue weighted by Gasteiger charge is -2.22. The number of halogens is 4. The van der Waals surface area contributed by atoms with Gasteiger partial charge in [-0.05, 0) is 25.0 Å². The van der Waals surface area contributed by atoms with E-state index >= 15 is 0 Å². The molecule has 0 spiro atoms. The van der Waals surface area contributed by atoms with Crippen LogP contribution in [0.25, 0.3) is 0 Å². The summed E-state index contributed by atoms with van der Waals surface area (Å²) >= 11 is 1.01.